The van der Waals surface area contributed by atoms with E-state index in [1.807, 2.05) is 9.47 Å². The molecule has 5 rings (SSSR count). The van der Waals surface area contributed by atoms with E-state index in [-0.39, 0.29) is 6.42 Å². The molecule has 0 N–H and O–H groups in total. The Hall–Kier alpha value is -2.35. The molecule has 1 aliphatic carbocycles. The summed E-state index contributed by atoms with van der Waals surface area (Å²) in [6.07, 6.45) is 6.60. The highest BCUT2D eigenvalue weighted by atomic mass is 35.5. The quantitative estimate of drug-likeness (QED) is 0.574. The summed E-state index contributed by atoms with van der Waals surface area (Å²) in [5.74, 6) is -1.18. The van der Waals surface area contributed by atoms with Gasteiger partial charge in [-0.15, -0.1) is 0 Å². The second-order valence-electron chi connectivity index (χ2n) is 8.38. The first-order chi connectivity index (χ1) is 14.4. The minimum Gasteiger partial charge on any atom is -0.354 e. The number of hydrogen-bond acceptors (Lipinski definition) is 5. The van der Waals surface area contributed by atoms with Crippen molar-refractivity contribution in [1.82, 2.24) is 24.5 Å². The molecule has 0 amide bonds. The minimum atomic E-state index is -2.56. The summed E-state index contributed by atoms with van der Waals surface area (Å²) >= 11 is 6.28. The SMILES string of the molecule is CCCCc1nc(N2CCC3(C2)CC3(F)F)c2ncn(Cc3ncccc3Cl)c2n1. The van der Waals surface area contributed by atoms with E-state index in [0.717, 1.165) is 30.8 Å². The number of anilines is 1. The van der Waals surface area contributed by atoms with Crippen molar-refractivity contribution in [2.24, 2.45) is 5.41 Å². The fourth-order valence-corrected chi connectivity index (χ4v) is 4.51. The second-order valence-corrected chi connectivity index (χ2v) is 8.78. The van der Waals surface area contributed by atoms with Crippen LogP contribution in [0.3, 0.4) is 0 Å². The number of imidazole rings is 1. The molecular weight excluding hydrogens is 410 g/mol. The lowest BCUT2D eigenvalue weighted by Gasteiger charge is -2.19. The molecule has 3 aromatic rings. The smallest absolute Gasteiger partial charge is 0.256 e. The first-order valence-electron chi connectivity index (χ1n) is 10.4. The van der Waals surface area contributed by atoms with Gasteiger partial charge in [-0.1, -0.05) is 24.9 Å². The van der Waals surface area contributed by atoms with Gasteiger partial charge in [0.05, 0.1) is 29.0 Å². The number of rotatable bonds is 6. The zero-order chi connectivity index (χ0) is 20.9. The minimum absolute atomic E-state index is 0.0277. The maximum absolute atomic E-state index is 13.9. The molecule has 0 radical (unpaired) electrons. The van der Waals surface area contributed by atoms with E-state index in [9.17, 15) is 8.78 Å². The predicted molar refractivity (Wildman–Crippen MR) is 111 cm³/mol. The third-order valence-electron chi connectivity index (χ3n) is 6.27. The van der Waals surface area contributed by atoms with Crippen molar-refractivity contribution in [3.8, 4) is 0 Å². The second kappa shape index (κ2) is 7.11. The van der Waals surface area contributed by atoms with Crippen LogP contribution in [-0.4, -0.2) is 43.5 Å². The van der Waals surface area contributed by atoms with Gasteiger partial charge in [-0.3, -0.25) is 4.98 Å². The number of aromatic nitrogens is 5. The van der Waals surface area contributed by atoms with Crippen molar-refractivity contribution in [3.63, 3.8) is 0 Å². The molecule has 1 saturated carbocycles. The van der Waals surface area contributed by atoms with Gasteiger partial charge in [0, 0.05) is 32.1 Å². The van der Waals surface area contributed by atoms with Gasteiger partial charge in [0.2, 0.25) is 0 Å². The highest BCUT2D eigenvalue weighted by Crippen LogP contribution is 2.65. The van der Waals surface area contributed by atoms with E-state index in [1.54, 1.807) is 24.7 Å². The van der Waals surface area contributed by atoms with Crippen LogP contribution in [0.4, 0.5) is 14.6 Å². The highest BCUT2D eigenvalue weighted by molar-refractivity contribution is 6.31. The molecule has 3 aromatic heterocycles. The highest BCUT2D eigenvalue weighted by Gasteiger charge is 2.72. The summed E-state index contributed by atoms with van der Waals surface area (Å²) in [7, 11) is 0. The monoisotopic (exact) mass is 432 g/mol. The van der Waals surface area contributed by atoms with E-state index in [2.05, 4.69) is 16.9 Å². The van der Waals surface area contributed by atoms with Gasteiger partial charge in [-0.05, 0) is 25.0 Å². The largest absolute Gasteiger partial charge is 0.354 e. The molecule has 1 saturated heterocycles. The number of aryl methyl sites for hydroxylation is 1. The van der Waals surface area contributed by atoms with Crippen molar-refractivity contribution in [2.45, 2.75) is 51.5 Å². The van der Waals surface area contributed by atoms with E-state index in [0.29, 0.717) is 48.1 Å². The molecule has 0 bridgehead atoms. The molecule has 30 heavy (non-hydrogen) atoms. The molecule has 0 aromatic carbocycles. The van der Waals surface area contributed by atoms with Crippen LogP contribution >= 0.6 is 11.6 Å². The lowest BCUT2D eigenvalue weighted by molar-refractivity contribution is 0.0711. The summed E-state index contributed by atoms with van der Waals surface area (Å²) in [6.45, 7) is 3.43. The number of unbranched alkanes of at least 4 members (excludes halogenated alkanes) is 1. The van der Waals surface area contributed by atoms with Gasteiger partial charge in [0.25, 0.3) is 5.92 Å². The third-order valence-corrected chi connectivity index (χ3v) is 6.61. The van der Waals surface area contributed by atoms with Crippen molar-refractivity contribution in [3.05, 3.63) is 41.2 Å². The van der Waals surface area contributed by atoms with E-state index in [1.165, 1.54) is 0 Å². The number of pyridine rings is 1. The summed E-state index contributed by atoms with van der Waals surface area (Å²) in [5, 5.41) is 0.581. The summed E-state index contributed by atoms with van der Waals surface area (Å²) in [5.41, 5.74) is 1.17. The first kappa shape index (κ1) is 19.6. The standard InChI is InChI=1S/C21H23ClF2N6/c1-2-3-6-16-27-18(29-9-7-20(12-29)11-21(20,23)24)17-19(28-16)30(13-26-17)10-15-14(22)5-4-8-25-15/h4-5,8,13H,2-3,6-7,9-12H2,1H3. The Morgan fingerprint density at radius 1 is 1.23 bits per heavy atom. The summed E-state index contributed by atoms with van der Waals surface area (Å²) in [4.78, 5) is 20.4. The van der Waals surface area contributed by atoms with Crippen molar-refractivity contribution < 1.29 is 8.78 Å². The van der Waals surface area contributed by atoms with Crippen LogP contribution in [0.2, 0.25) is 5.02 Å². The normalized spacial score (nSPS) is 22.3. The van der Waals surface area contributed by atoms with Gasteiger partial charge in [0.1, 0.15) is 5.82 Å². The number of halogens is 3. The van der Waals surface area contributed by atoms with Crippen molar-refractivity contribution in [1.29, 1.82) is 0 Å². The first-order valence-corrected chi connectivity index (χ1v) is 10.7. The predicted octanol–water partition coefficient (Wildman–Crippen LogP) is 4.50. The third kappa shape index (κ3) is 3.21. The van der Waals surface area contributed by atoms with Crippen LogP contribution in [0.25, 0.3) is 11.2 Å². The summed E-state index contributed by atoms with van der Waals surface area (Å²) < 4.78 is 29.8. The van der Waals surface area contributed by atoms with E-state index >= 15 is 0 Å². The topological polar surface area (TPSA) is 59.7 Å². The Labute approximate surface area is 178 Å². The molecular formula is C21H23ClF2N6. The van der Waals surface area contributed by atoms with Gasteiger partial charge in [0.15, 0.2) is 17.0 Å². The van der Waals surface area contributed by atoms with Crippen LogP contribution in [0.15, 0.2) is 24.7 Å². The zero-order valence-electron chi connectivity index (χ0n) is 16.8. The van der Waals surface area contributed by atoms with Crippen LogP contribution < -0.4 is 4.90 Å². The molecule has 158 valence electrons. The van der Waals surface area contributed by atoms with Gasteiger partial charge < -0.3 is 9.47 Å². The molecule has 2 fully saturated rings. The lowest BCUT2D eigenvalue weighted by atomic mass is 10.1. The molecule has 1 spiro atoms. The fourth-order valence-electron chi connectivity index (χ4n) is 4.33. The molecule has 4 heterocycles. The van der Waals surface area contributed by atoms with Crippen molar-refractivity contribution in [2.75, 3.05) is 18.0 Å². The number of fused-ring (bicyclic) bond motifs is 1. The van der Waals surface area contributed by atoms with E-state index in [4.69, 9.17) is 21.6 Å². The maximum atomic E-state index is 13.9. The van der Waals surface area contributed by atoms with Crippen LogP contribution in [-0.2, 0) is 13.0 Å². The number of nitrogens with zero attached hydrogens (tertiary/aromatic N) is 6. The number of alkyl halides is 2. The van der Waals surface area contributed by atoms with Gasteiger partial charge >= 0.3 is 0 Å². The fraction of sp³-hybridized carbons (Fsp3) is 0.524. The lowest BCUT2D eigenvalue weighted by Crippen LogP contribution is -2.24. The average Bonchev–Trinajstić information content (AvgIpc) is 3.08. The Balaban J connectivity index is 1.53. The Morgan fingerprint density at radius 2 is 2.07 bits per heavy atom. The Bertz CT molecular complexity index is 1100. The van der Waals surface area contributed by atoms with Crippen LogP contribution in [0.1, 0.15) is 44.1 Å². The molecule has 9 heteroatoms. The summed E-state index contributed by atoms with van der Waals surface area (Å²) in [6, 6.07) is 3.59. The number of hydrogen-bond donors (Lipinski definition) is 0. The van der Waals surface area contributed by atoms with Crippen molar-refractivity contribution >= 4 is 28.6 Å². The molecule has 1 aliphatic heterocycles. The zero-order valence-corrected chi connectivity index (χ0v) is 17.5. The molecule has 1 unspecified atom stereocenters. The van der Waals surface area contributed by atoms with Gasteiger partial charge in [-0.2, -0.15) is 0 Å². The average molecular weight is 433 g/mol. The Kier molecular flexibility index (Phi) is 4.65. The van der Waals surface area contributed by atoms with Crippen LogP contribution in [0.5, 0.6) is 0 Å². The van der Waals surface area contributed by atoms with Crippen LogP contribution in [0, 0.1) is 5.41 Å². The van der Waals surface area contributed by atoms with E-state index < -0.39 is 11.3 Å². The van der Waals surface area contributed by atoms with Gasteiger partial charge in [-0.25, -0.2) is 23.7 Å². The maximum Gasteiger partial charge on any atom is 0.256 e. The molecule has 2 aliphatic rings. The molecule has 6 nitrogen and oxygen atoms in total. The molecule has 1 atom stereocenters. The Morgan fingerprint density at radius 3 is 2.77 bits per heavy atom.